The molecule has 0 saturated carbocycles. The summed E-state index contributed by atoms with van der Waals surface area (Å²) < 4.78 is 15.6. The zero-order valence-corrected chi connectivity index (χ0v) is 26.2. The van der Waals surface area contributed by atoms with Gasteiger partial charge in [-0.3, -0.25) is 0 Å². The van der Waals surface area contributed by atoms with E-state index in [2.05, 4.69) is 89.4 Å². The van der Waals surface area contributed by atoms with E-state index in [0.717, 1.165) is 40.4 Å². The largest absolute Gasteiger partial charge is 0.373 e. The number of nitrogens with one attached hydrogen (secondary N) is 1. The number of fused-ring (bicyclic) bond motifs is 6. The van der Waals surface area contributed by atoms with Gasteiger partial charge in [-0.1, -0.05) is 114 Å². The number of hydrogen-bond acceptors (Lipinski definition) is 3. The SMILES string of the molecule is C/C=C\C(=C/CC)P(=O)(c1ccccc1)c1cccc2c1=CC(CC)C1(CC)NC=2c2sc(C(C)(C)C)cc21. The monoisotopic (exact) mass is 555 g/mol. The van der Waals surface area contributed by atoms with Gasteiger partial charge < -0.3 is 9.88 Å². The molecule has 0 fully saturated rings. The van der Waals surface area contributed by atoms with Gasteiger partial charge in [0.15, 0.2) is 7.14 Å². The van der Waals surface area contributed by atoms with Crippen molar-refractivity contribution in [3.05, 3.63) is 104 Å². The Morgan fingerprint density at radius 1 is 1.08 bits per heavy atom. The van der Waals surface area contributed by atoms with Crippen molar-refractivity contribution in [1.82, 2.24) is 5.32 Å². The lowest BCUT2D eigenvalue weighted by atomic mass is 9.75. The summed E-state index contributed by atoms with van der Waals surface area (Å²) in [6, 6.07) is 19.0. The van der Waals surface area contributed by atoms with Gasteiger partial charge >= 0.3 is 0 Å². The van der Waals surface area contributed by atoms with Gasteiger partial charge in [0.05, 0.1) is 16.1 Å². The Kier molecular flexibility index (Phi) is 7.46. The Bertz CT molecular complexity index is 1620. The Hall–Kier alpha value is -2.61. The van der Waals surface area contributed by atoms with E-state index in [1.807, 2.05) is 54.7 Å². The van der Waals surface area contributed by atoms with Gasteiger partial charge in [-0.15, -0.1) is 11.3 Å². The molecule has 204 valence electrons. The summed E-state index contributed by atoms with van der Waals surface area (Å²) in [6.45, 7) is 15.7. The minimum absolute atomic E-state index is 0.0963. The van der Waals surface area contributed by atoms with E-state index in [0.29, 0.717) is 0 Å². The molecule has 5 rings (SSSR count). The molecule has 0 radical (unpaired) electrons. The predicted octanol–water partition coefficient (Wildman–Crippen LogP) is 7.41. The van der Waals surface area contributed by atoms with Crippen LogP contribution in [0.4, 0.5) is 0 Å². The van der Waals surface area contributed by atoms with Crippen LogP contribution < -0.4 is 26.4 Å². The van der Waals surface area contributed by atoms with E-state index >= 15 is 4.57 Å². The van der Waals surface area contributed by atoms with Crippen molar-refractivity contribution in [2.24, 2.45) is 5.92 Å². The molecule has 1 aromatic heterocycles. The number of rotatable bonds is 7. The van der Waals surface area contributed by atoms with Gasteiger partial charge in [0.2, 0.25) is 0 Å². The highest BCUT2D eigenvalue weighted by Gasteiger charge is 2.48. The molecule has 4 heteroatoms. The third-order valence-corrected chi connectivity index (χ3v) is 13.2. The van der Waals surface area contributed by atoms with Crippen LogP contribution in [0, 0.1) is 5.92 Å². The topological polar surface area (TPSA) is 29.1 Å². The van der Waals surface area contributed by atoms with Crippen LogP contribution >= 0.6 is 18.5 Å². The van der Waals surface area contributed by atoms with Gasteiger partial charge in [-0.25, -0.2) is 0 Å². The smallest absolute Gasteiger partial charge is 0.171 e. The Balaban J connectivity index is 1.93. The van der Waals surface area contributed by atoms with Crippen LogP contribution in [-0.2, 0) is 15.5 Å². The van der Waals surface area contributed by atoms with Crippen LogP contribution in [0.2, 0.25) is 0 Å². The Morgan fingerprint density at radius 3 is 2.44 bits per heavy atom. The second-order valence-corrected chi connectivity index (χ2v) is 15.6. The highest BCUT2D eigenvalue weighted by molar-refractivity contribution is 7.82. The van der Waals surface area contributed by atoms with Gasteiger partial charge in [-0.05, 0) is 48.4 Å². The standard InChI is InChI=1S/C35H42NOPS/c1-8-16-25(17-9-2)38(37,26-18-13-12-14-19-26)30-21-15-20-27-28(30)22-24(10-3)35(11-4)29-23-31(34(5,6)7)39-33(29)32(27)36-35/h8,12-24,36H,9-11H2,1-7H3/b16-8-,25-17+. The molecule has 2 aromatic carbocycles. The molecule has 2 aliphatic rings. The molecule has 3 heterocycles. The average Bonchev–Trinajstić information content (AvgIpc) is 3.46. The molecular formula is C35H42NOPS. The van der Waals surface area contributed by atoms with E-state index in [4.69, 9.17) is 0 Å². The molecule has 3 atom stereocenters. The second-order valence-electron chi connectivity index (χ2n) is 11.8. The van der Waals surface area contributed by atoms with Crippen LogP contribution in [-0.4, -0.2) is 0 Å². The second kappa shape index (κ2) is 10.4. The van der Waals surface area contributed by atoms with E-state index in [1.165, 1.54) is 26.2 Å². The van der Waals surface area contributed by atoms with Crippen LogP contribution in [0.5, 0.6) is 0 Å². The first-order valence-electron chi connectivity index (χ1n) is 14.4. The summed E-state index contributed by atoms with van der Waals surface area (Å²) in [6.07, 6.45) is 11.5. The highest BCUT2D eigenvalue weighted by Crippen LogP contribution is 2.53. The van der Waals surface area contributed by atoms with Crippen molar-refractivity contribution in [1.29, 1.82) is 0 Å². The molecule has 0 spiro atoms. The van der Waals surface area contributed by atoms with Crippen LogP contribution in [0.1, 0.15) is 83.0 Å². The van der Waals surface area contributed by atoms with Crippen LogP contribution in [0.25, 0.3) is 11.8 Å². The molecule has 2 aliphatic heterocycles. The van der Waals surface area contributed by atoms with Crippen LogP contribution in [0.15, 0.2) is 78.1 Å². The summed E-state index contributed by atoms with van der Waals surface area (Å²) in [5, 5.41) is 9.14. The van der Waals surface area contributed by atoms with Crippen LogP contribution in [0.3, 0.4) is 0 Å². The van der Waals surface area contributed by atoms with Gasteiger partial charge in [-0.2, -0.15) is 0 Å². The van der Waals surface area contributed by atoms with Gasteiger partial charge in [0, 0.05) is 31.9 Å². The van der Waals surface area contributed by atoms with E-state index in [-0.39, 0.29) is 16.9 Å². The molecular weight excluding hydrogens is 513 g/mol. The minimum Gasteiger partial charge on any atom is -0.373 e. The minimum atomic E-state index is -3.14. The fourth-order valence-corrected chi connectivity index (χ4v) is 10.8. The van der Waals surface area contributed by atoms with Gasteiger partial charge in [0.25, 0.3) is 0 Å². The maximum atomic E-state index is 15.6. The molecule has 3 unspecified atom stereocenters. The fourth-order valence-electron chi connectivity index (χ4n) is 6.43. The molecule has 0 amide bonds. The number of thiophene rings is 1. The highest BCUT2D eigenvalue weighted by atomic mass is 32.1. The maximum absolute atomic E-state index is 15.6. The molecule has 39 heavy (non-hydrogen) atoms. The van der Waals surface area contributed by atoms with Crippen molar-refractivity contribution in [3.8, 4) is 0 Å². The first-order chi connectivity index (χ1) is 18.6. The third-order valence-electron chi connectivity index (χ3n) is 8.45. The van der Waals surface area contributed by atoms with E-state index in [9.17, 15) is 0 Å². The normalized spacial score (nSPS) is 22.1. The van der Waals surface area contributed by atoms with Crippen molar-refractivity contribution < 1.29 is 4.57 Å². The predicted molar refractivity (Wildman–Crippen MR) is 171 cm³/mol. The summed E-state index contributed by atoms with van der Waals surface area (Å²) in [5.74, 6) is 0.271. The zero-order valence-electron chi connectivity index (χ0n) is 24.5. The molecule has 3 aromatic rings. The first kappa shape index (κ1) is 27.9. The number of allylic oxidation sites excluding steroid dienone is 4. The molecule has 2 bridgehead atoms. The van der Waals surface area contributed by atoms with Gasteiger partial charge in [0.1, 0.15) is 0 Å². The molecule has 2 nitrogen and oxygen atoms in total. The number of benzene rings is 2. The molecule has 1 N–H and O–H groups in total. The maximum Gasteiger partial charge on any atom is 0.171 e. The average molecular weight is 556 g/mol. The molecule has 0 saturated heterocycles. The van der Waals surface area contributed by atoms with Crippen molar-refractivity contribution in [2.75, 3.05) is 0 Å². The van der Waals surface area contributed by atoms with Crippen molar-refractivity contribution in [3.63, 3.8) is 0 Å². The lowest BCUT2D eigenvalue weighted by molar-refractivity contribution is 0.292. The Labute approximate surface area is 238 Å². The van der Waals surface area contributed by atoms with E-state index in [1.54, 1.807) is 0 Å². The third kappa shape index (κ3) is 4.34. The van der Waals surface area contributed by atoms with Crippen molar-refractivity contribution >= 4 is 40.9 Å². The number of hydrogen-bond donors (Lipinski definition) is 1. The van der Waals surface area contributed by atoms with E-state index < -0.39 is 7.14 Å². The summed E-state index contributed by atoms with van der Waals surface area (Å²) in [7, 11) is -3.14. The fraction of sp³-hybridized carbons (Fsp3) is 0.371. The summed E-state index contributed by atoms with van der Waals surface area (Å²) in [4.78, 5) is 2.79. The zero-order chi connectivity index (χ0) is 28.0. The Morgan fingerprint density at radius 2 is 1.82 bits per heavy atom. The lowest BCUT2D eigenvalue weighted by Crippen LogP contribution is -2.42. The quantitative estimate of drug-likeness (QED) is 0.243. The lowest BCUT2D eigenvalue weighted by Gasteiger charge is -2.36. The van der Waals surface area contributed by atoms with Crippen molar-refractivity contribution in [2.45, 2.75) is 78.7 Å². The summed E-state index contributed by atoms with van der Waals surface area (Å²) >= 11 is 1.93. The molecule has 0 aliphatic carbocycles. The summed E-state index contributed by atoms with van der Waals surface area (Å²) in [5.41, 5.74) is 2.60. The first-order valence-corrected chi connectivity index (χ1v) is 17.0.